The number of methoxy groups -OCH3 is 2. The second-order valence-corrected chi connectivity index (χ2v) is 7.12. The molecule has 0 aliphatic carbocycles. The lowest BCUT2D eigenvalue weighted by Crippen LogP contribution is -2.43. The van der Waals surface area contributed by atoms with Gasteiger partial charge in [-0.15, -0.1) is 0 Å². The van der Waals surface area contributed by atoms with Crippen LogP contribution in [0, 0.1) is 0 Å². The molecule has 0 aliphatic rings. The smallest absolute Gasteiger partial charge is 0.276 e. The molecule has 2 N–H and O–H groups in total. The molecule has 0 heterocycles. The molecule has 0 aliphatic heterocycles. The fraction of sp³-hybridized carbons (Fsp3) is 0.158. The highest BCUT2D eigenvalue weighted by molar-refractivity contribution is 9.11. The van der Waals surface area contributed by atoms with Crippen LogP contribution in [0.15, 0.2) is 51.4 Å². The first-order valence-corrected chi connectivity index (χ1v) is 9.58. The van der Waals surface area contributed by atoms with Crippen molar-refractivity contribution in [2.45, 2.75) is 0 Å². The SMILES string of the molecule is COc1ccc(/C=C/C(=O)NNC(=O)COc2ccc(Br)cc2Br)cc1OC. The van der Waals surface area contributed by atoms with Crippen molar-refractivity contribution in [3.63, 3.8) is 0 Å². The van der Waals surface area contributed by atoms with Crippen LogP contribution >= 0.6 is 31.9 Å². The number of hydrazine groups is 1. The number of hydrogen-bond acceptors (Lipinski definition) is 5. The average molecular weight is 514 g/mol. The van der Waals surface area contributed by atoms with Gasteiger partial charge in [0.05, 0.1) is 18.7 Å². The Kier molecular flexibility index (Phi) is 8.34. The summed E-state index contributed by atoms with van der Waals surface area (Å²) < 4.78 is 17.3. The highest BCUT2D eigenvalue weighted by atomic mass is 79.9. The Bertz CT molecular complexity index is 887. The average Bonchev–Trinajstić information content (AvgIpc) is 2.69. The van der Waals surface area contributed by atoms with Crippen molar-refractivity contribution in [3.8, 4) is 17.2 Å². The molecule has 2 aromatic carbocycles. The maximum atomic E-state index is 11.8. The van der Waals surface area contributed by atoms with Crippen molar-refractivity contribution in [1.82, 2.24) is 10.9 Å². The standard InChI is InChI=1S/C19H18Br2N2O5/c1-26-16-6-3-12(9-17(16)27-2)4-8-18(24)22-23-19(25)11-28-15-7-5-13(20)10-14(15)21/h3-10H,11H2,1-2H3,(H,22,24)(H,23,25)/b8-4+. The summed E-state index contributed by atoms with van der Waals surface area (Å²) in [6.07, 6.45) is 2.87. The first-order chi connectivity index (χ1) is 13.4. The summed E-state index contributed by atoms with van der Waals surface area (Å²) in [5.74, 6) is 0.664. The molecule has 0 atom stereocenters. The second kappa shape index (κ2) is 10.7. The largest absolute Gasteiger partial charge is 0.493 e. The zero-order chi connectivity index (χ0) is 20.5. The fourth-order valence-electron chi connectivity index (χ4n) is 2.07. The number of amides is 2. The van der Waals surface area contributed by atoms with Crippen LogP contribution in [0.25, 0.3) is 6.08 Å². The molecule has 0 radical (unpaired) electrons. The van der Waals surface area contributed by atoms with Crippen LogP contribution in [0.2, 0.25) is 0 Å². The molecule has 0 saturated heterocycles. The predicted molar refractivity (Wildman–Crippen MR) is 112 cm³/mol. The molecule has 2 amide bonds. The Labute approximate surface area is 179 Å². The molecular formula is C19H18Br2N2O5. The van der Waals surface area contributed by atoms with Crippen molar-refractivity contribution in [2.24, 2.45) is 0 Å². The molecule has 9 heteroatoms. The molecule has 0 aromatic heterocycles. The summed E-state index contributed by atoms with van der Waals surface area (Å²) in [5, 5.41) is 0. The zero-order valence-corrected chi connectivity index (χ0v) is 18.3. The van der Waals surface area contributed by atoms with E-state index in [2.05, 4.69) is 42.7 Å². The molecule has 7 nitrogen and oxygen atoms in total. The minimum absolute atomic E-state index is 0.250. The third-order valence-electron chi connectivity index (χ3n) is 3.41. The van der Waals surface area contributed by atoms with Crippen molar-refractivity contribution in [1.29, 1.82) is 0 Å². The first-order valence-electron chi connectivity index (χ1n) is 7.99. The van der Waals surface area contributed by atoms with E-state index in [0.717, 1.165) is 10.0 Å². The third-order valence-corrected chi connectivity index (χ3v) is 4.53. The van der Waals surface area contributed by atoms with Crippen molar-refractivity contribution in [3.05, 3.63) is 57.0 Å². The molecule has 0 fully saturated rings. The maximum absolute atomic E-state index is 11.8. The Morgan fingerprint density at radius 2 is 1.68 bits per heavy atom. The van der Waals surface area contributed by atoms with Gasteiger partial charge in [0.1, 0.15) is 5.75 Å². The summed E-state index contributed by atoms with van der Waals surface area (Å²) in [7, 11) is 3.07. The number of halogens is 2. The lowest BCUT2D eigenvalue weighted by molar-refractivity contribution is -0.128. The number of hydrogen-bond donors (Lipinski definition) is 2. The minimum Gasteiger partial charge on any atom is -0.493 e. The molecule has 2 rings (SSSR count). The molecule has 28 heavy (non-hydrogen) atoms. The quantitative estimate of drug-likeness (QED) is 0.437. The summed E-state index contributed by atoms with van der Waals surface area (Å²) in [6.45, 7) is -0.250. The van der Waals surface area contributed by atoms with E-state index >= 15 is 0 Å². The fourth-order valence-corrected chi connectivity index (χ4v) is 3.23. The van der Waals surface area contributed by atoms with Crippen LogP contribution in [0.5, 0.6) is 17.2 Å². The zero-order valence-electron chi connectivity index (χ0n) is 15.1. The van der Waals surface area contributed by atoms with Crippen LogP contribution in [-0.4, -0.2) is 32.6 Å². The number of carbonyl (C=O) groups excluding carboxylic acids is 2. The van der Waals surface area contributed by atoms with Crippen molar-refractivity contribution in [2.75, 3.05) is 20.8 Å². The molecule has 0 bridgehead atoms. The number of rotatable bonds is 7. The van der Waals surface area contributed by atoms with Gasteiger partial charge in [0.2, 0.25) is 0 Å². The number of carbonyl (C=O) groups is 2. The van der Waals surface area contributed by atoms with E-state index in [9.17, 15) is 9.59 Å². The van der Waals surface area contributed by atoms with Gasteiger partial charge in [-0.3, -0.25) is 20.4 Å². The molecule has 0 spiro atoms. The van der Waals surface area contributed by atoms with Gasteiger partial charge < -0.3 is 14.2 Å². The van der Waals surface area contributed by atoms with Gasteiger partial charge in [-0.05, 0) is 57.9 Å². The van der Waals surface area contributed by atoms with E-state index in [1.54, 1.807) is 49.6 Å². The lowest BCUT2D eigenvalue weighted by atomic mass is 10.2. The Morgan fingerprint density at radius 3 is 2.36 bits per heavy atom. The van der Waals surface area contributed by atoms with E-state index in [1.165, 1.54) is 13.2 Å². The van der Waals surface area contributed by atoms with Crippen LogP contribution in [0.3, 0.4) is 0 Å². The van der Waals surface area contributed by atoms with Crippen LogP contribution in [0.1, 0.15) is 5.56 Å². The minimum atomic E-state index is -0.498. The van der Waals surface area contributed by atoms with Crippen LogP contribution in [0.4, 0.5) is 0 Å². The van der Waals surface area contributed by atoms with Gasteiger partial charge in [-0.25, -0.2) is 0 Å². The second-order valence-electron chi connectivity index (χ2n) is 5.35. The van der Waals surface area contributed by atoms with Gasteiger partial charge >= 0.3 is 0 Å². The Morgan fingerprint density at radius 1 is 0.964 bits per heavy atom. The van der Waals surface area contributed by atoms with E-state index in [1.807, 2.05) is 0 Å². The number of benzene rings is 2. The van der Waals surface area contributed by atoms with Crippen LogP contribution in [-0.2, 0) is 9.59 Å². The molecular weight excluding hydrogens is 496 g/mol. The highest BCUT2D eigenvalue weighted by Gasteiger charge is 2.07. The normalized spacial score (nSPS) is 10.4. The first kappa shape index (κ1) is 21.8. The molecule has 0 unspecified atom stereocenters. The summed E-state index contributed by atoms with van der Waals surface area (Å²) in [5.41, 5.74) is 5.30. The third kappa shape index (κ3) is 6.58. The number of ether oxygens (including phenoxy) is 3. The van der Waals surface area contributed by atoms with E-state index in [0.29, 0.717) is 21.7 Å². The van der Waals surface area contributed by atoms with Gasteiger partial charge in [-0.2, -0.15) is 0 Å². The Balaban J connectivity index is 1.81. The molecule has 148 valence electrons. The topological polar surface area (TPSA) is 85.9 Å². The van der Waals surface area contributed by atoms with Gasteiger partial charge in [0.15, 0.2) is 18.1 Å². The Hall–Kier alpha value is -2.52. The summed E-state index contributed by atoms with van der Waals surface area (Å²) in [4.78, 5) is 23.6. The van der Waals surface area contributed by atoms with E-state index in [4.69, 9.17) is 14.2 Å². The van der Waals surface area contributed by atoms with Gasteiger partial charge in [0.25, 0.3) is 11.8 Å². The predicted octanol–water partition coefficient (Wildman–Crippen LogP) is 3.47. The van der Waals surface area contributed by atoms with Gasteiger partial charge in [-0.1, -0.05) is 22.0 Å². The van der Waals surface area contributed by atoms with E-state index in [-0.39, 0.29) is 6.61 Å². The summed E-state index contributed by atoms with van der Waals surface area (Å²) in [6, 6.07) is 10.5. The molecule has 0 saturated carbocycles. The van der Waals surface area contributed by atoms with Crippen molar-refractivity contribution < 1.29 is 23.8 Å². The van der Waals surface area contributed by atoms with E-state index < -0.39 is 11.8 Å². The van der Waals surface area contributed by atoms with Crippen LogP contribution < -0.4 is 25.1 Å². The monoisotopic (exact) mass is 512 g/mol. The molecule has 2 aromatic rings. The lowest BCUT2D eigenvalue weighted by Gasteiger charge is -2.09. The van der Waals surface area contributed by atoms with Crippen molar-refractivity contribution >= 4 is 49.8 Å². The van der Waals surface area contributed by atoms with Gasteiger partial charge in [0, 0.05) is 10.5 Å². The maximum Gasteiger partial charge on any atom is 0.276 e. The highest BCUT2D eigenvalue weighted by Crippen LogP contribution is 2.28. The number of nitrogens with one attached hydrogen (secondary N) is 2. The summed E-state index contributed by atoms with van der Waals surface area (Å²) >= 11 is 6.67.